The van der Waals surface area contributed by atoms with E-state index in [1.807, 2.05) is 18.3 Å². The Morgan fingerprint density at radius 1 is 1.10 bits per heavy atom. The van der Waals surface area contributed by atoms with Gasteiger partial charge in [-0.3, -0.25) is 0 Å². The quantitative estimate of drug-likeness (QED) is 0.386. The zero-order chi connectivity index (χ0) is 21.4. The SMILES string of the molecule is CCCN1CCC2=Cc3c(cnn3-c3ccc(I)cc3)CC2(Cc2ccc(F)cc2)C1. The van der Waals surface area contributed by atoms with E-state index in [-0.39, 0.29) is 11.2 Å². The van der Waals surface area contributed by atoms with E-state index in [9.17, 15) is 4.39 Å². The maximum absolute atomic E-state index is 13.5. The van der Waals surface area contributed by atoms with Crippen LogP contribution in [0.5, 0.6) is 0 Å². The molecule has 0 amide bonds. The van der Waals surface area contributed by atoms with Crippen molar-refractivity contribution in [3.05, 3.63) is 86.5 Å². The van der Waals surface area contributed by atoms with Gasteiger partial charge in [0.25, 0.3) is 0 Å². The van der Waals surface area contributed by atoms with Crippen LogP contribution in [0, 0.1) is 14.8 Å². The van der Waals surface area contributed by atoms with Crippen molar-refractivity contribution in [1.82, 2.24) is 14.7 Å². The van der Waals surface area contributed by atoms with Crippen LogP contribution in [0.1, 0.15) is 36.6 Å². The second-order valence-corrected chi connectivity index (χ2v) is 10.1. The zero-order valence-corrected chi connectivity index (χ0v) is 20.0. The van der Waals surface area contributed by atoms with Crippen LogP contribution >= 0.6 is 22.6 Å². The van der Waals surface area contributed by atoms with Gasteiger partial charge in [-0.2, -0.15) is 5.10 Å². The van der Waals surface area contributed by atoms with E-state index in [4.69, 9.17) is 5.10 Å². The number of hydrogen-bond acceptors (Lipinski definition) is 2. The van der Waals surface area contributed by atoms with Crippen LogP contribution < -0.4 is 0 Å². The number of fused-ring (bicyclic) bond motifs is 2. The molecule has 5 rings (SSSR count). The third kappa shape index (κ3) is 4.10. The van der Waals surface area contributed by atoms with Gasteiger partial charge < -0.3 is 4.90 Å². The molecule has 1 saturated heterocycles. The molecule has 2 aromatic carbocycles. The molecule has 5 heteroatoms. The van der Waals surface area contributed by atoms with Gasteiger partial charge >= 0.3 is 0 Å². The fourth-order valence-corrected chi connectivity index (χ4v) is 5.64. The molecule has 3 nitrogen and oxygen atoms in total. The highest BCUT2D eigenvalue weighted by molar-refractivity contribution is 14.1. The van der Waals surface area contributed by atoms with Crippen LogP contribution in [0.25, 0.3) is 11.8 Å². The molecule has 0 saturated carbocycles. The average molecular weight is 527 g/mol. The Balaban J connectivity index is 1.54. The largest absolute Gasteiger partial charge is 0.302 e. The number of aromatic nitrogens is 2. The molecule has 0 radical (unpaired) electrons. The molecule has 1 aliphatic carbocycles. The molecule has 1 unspecified atom stereocenters. The second-order valence-electron chi connectivity index (χ2n) is 8.90. The summed E-state index contributed by atoms with van der Waals surface area (Å²) in [7, 11) is 0. The maximum Gasteiger partial charge on any atom is 0.123 e. The molecule has 0 N–H and O–H groups in total. The Morgan fingerprint density at radius 2 is 1.87 bits per heavy atom. The summed E-state index contributed by atoms with van der Waals surface area (Å²) in [5, 5.41) is 4.77. The van der Waals surface area contributed by atoms with Crippen molar-refractivity contribution in [3.63, 3.8) is 0 Å². The van der Waals surface area contributed by atoms with E-state index in [0.29, 0.717) is 0 Å². The number of benzene rings is 2. The topological polar surface area (TPSA) is 21.1 Å². The first-order valence-corrected chi connectivity index (χ1v) is 12.1. The summed E-state index contributed by atoms with van der Waals surface area (Å²) in [5.74, 6) is -0.169. The van der Waals surface area contributed by atoms with Crippen molar-refractivity contribution in [2.75, 3.05) is 19.6 Å². The molecule has 3 aromatic rings. The molecule has 1 atom stereocenters. The molecule has 160 valence electrons. The van der Waals surface area contributed by atoms with Crippen molar-refractivity contribution in [2.45, 2.75) is 32.6 Å². The summed E-state index contributed by atoms with van der Waals surface area (Å²) in [4.78, 5) is 2.61. The van der Waals surface area contributed by atoms with E-state index in [0.717, 1.165) is 44.6 Å². The Labute approximate surface area is 197 Å². The third-order valence-corrected chi connectivity index (χ3v) is 7.42. The normalized spacial score (nSPS) is 20.8. The van der Waals surface area contributed by atoms with E-state index < -0.39 is 0 Å². The molecule has 0 bridgehead atoms. The Hall–Kier alpha value is -1.99. The van der Waals surface area contributed by atoms with Crippen LogP contribution in [-0.2, 0) is 12.8 Å². The van der Waals surface area contributed by atoms with Crippen molar-refractivity contribution in [2.24, 2.45) is 5.41 Å². The highest BCUT2D eigenvalue weighted by Crippen LogP contribution is 2.46. The third-order valence-electron chi connectivity index (χ3n) is 6.70. The highest BCUT2D eigenvalue weighted by Gasteiger charge is 2.42. The van der Waals surface area contributed by atoms with Crippen molar-refractivity contribution in [3.8, 4) is 5.69 Å². The molecule has 1 aliphatic heterocycles. The van der Waals surface area contributed by atoms with E-state index >= 15 is 0 Å². The van der Waals surface area contributed by atoms with Gasteiger partial charge in [0.2, 0.25) is 0 Å². The van der Waals surface area contributed by atoms with Gasteiger partial charge in [-0.15, -0.1) is 0 Å². The van der Waals surface area contributed by atoms with E-state index in [1.54, 1.807) is 12.1 Å². The van der Waals surface area contributed by atoms with Gasteiger partial charge in [0.15, 0.2) is 0 Å². The molecule has 2 heterocycles. The smallest absolute Gasteiger partial charge is 0.123 e. The zero-order valence-electron chi connectivity index (χ0n) is 17.8. The minimum atomic E-state index is -0.169. The van der Waals surface area contributed by atoms with Crippen molar-refractivity contribution < 1.29 is 4.39 Å². The lowest BCUT2D eigenvalue weighted by Crippen LogP contribution is -2.48. The predicted octanol–water partition coefficient (Wildman–Crippen LogP) is 5.90. The molecule has 31 heavy (non-hydrogen) atoms. The Bertz CT molecular complexity index is 1100. The highest BCUT2D eigenvalue weighted by atomic mass is 127. The standard InChI is InChI=1S/C26H27FIN3/c1-2-12-30-13-11-21-14-25-20(17-29-31(25)24-9-7-23(28)8-10-24)16-26(21,18-30)15-19-3-5-22(27)6-4-19/h3-10,14,17H,2,11-13,15-16,18H2,1H3. The van der Waals surface area contributed by atoms with Crippen LogP contribution in [0.4, 0.5) is 4.39 Å². The van der Waals surface area contributed by atoms with Gasteiger partial charge in [0.1, 0.15) is 5.82 Å². The van der Waals surface area contributed by atoms with Gasteiger partial charge in [0, 0.05) is 22.1 Å². The summed E-state index contributed by atoms with van der Waals surface area (Å²) in [6.45, 7) is 5.55. The summed E-state index contributed by atoms with van der Waals surface area (Å²) >= 11 is 2.34. The lowest BCUT2D eigenvalue weighted by molar-refractivity contribution is 0.138. The maximum atomic E-state index is 13.5. The summed E-state index contributed by atoms with van der Waals surface area (Å²) in [5.41, 5.74) is 6.41. The van der Waals surface area contributed by atoms with Crippen LogP contribution in [-0.4, -0.2) is 34.3 Å². The minimum Gasteiger partial charge on any atom is -0.302 e. The molecule has 1 fully saturated rings. The second kappa shape index (κ2) is 8.51. The number of halogens is 2. The fraction of sp³-hybridized carbons (Fsp3) is 0.346. The predicted molar refractivity (Wildman–Crippen MR) is 132 cm³/mol. The monoisotopic (exact) mass is 527 g/mol. The van der Waals surface area contributed by atoms with Crippen LogP contribution in [0.15, 0.2) is 60.3 Å². The molecule has 2 aliphatic rings. The first kappa shape index (κ1) is 20.9. The fourth-order valence-electron chi connectivity index (χ4n) is 5.28. The molecule has 0 spiro atoms. The number of rotatable bonds is 5. The Kier molecular flexibility index (Phi) is 5.73. The number of hydrogen-bond donors (Lipinski definition) is 0. The van der Waals surface area contributed by atoms with Gasteiger partial charge in [-0.05, 0) is 108 Å². The van der Waals surface area contributed by atoms with Crippen LogP contribution in [0.3, 0.4) is 0 Å². The molecular weight excluding hydrogens is 500 g/mol. The van der Waals surface area contributed by atoms with Crippen molar-refractivity contribution in [1.29, 1.82) is 0 Å². The average Bonchev–Trinajstić information content (AvgIpc) is 3.16. The summed E-state index contributed by atoms with van der Waals surface area (Å²) < 4.78 is 16.8. The van der Waals surface area contributed by atoms with Crippen LogP contribution in [0.2, 0.25) is 0 Å². The van der Waals surface area contributed by atoms with Gasteiger partial charge in [-0.1, -0.05) is 24.6 Å². The minimum absolute atomic E-state index is 0.0537. The lowest BCUT2D eigenvalue weighted by atomic mass is 9.65. The summed E-state index contributed by atoms with van der Waals surface area (Å²) in [6, 6.07) is 15.6. The summed E-state index contributed by atoms with van der Waals surface area (Å²) in [6.07, 6.45) is 8.62. The van der Waals surface area contributed by atoms with Crippen molar-refractivity contribution >= 4 is 28.7 Å². The Morgan fingerprint density at radius 3 is 2.61 bits per heavy atom. The molecular formula is C26H27FIN3. The van der Waals surface area contributed by atoms with E-state index in [2.05, 4.69) is 69.4 Å². The number of piperidine rings is 1. The first-order valence-electron chi connectivity index (χ1n) is 11.1. The number of likely N-dealkylation sites (tertiary alicyclic amines) is 1. The van der Waals surface area contributed by atoms with Gasteiger partial charge in [-0.25, -0.2) is 9.07 Å². The lowest BCUT2D eigenvalue weighted by Gasteiger charge is -2.47. The van der Waals surface area contributed by atoms with E-state index in [1.165, 1.54) is 32.4 Å². The van der Waals surface area contributed by atoms with Gasteiger partial charge in [0.05, 0.1) is 17.6 Å². The molecule has 1 aromatic heterocycles. The number of nitrogens with zero attached hydrogens (tertiary/aromatic N) is 3. The first-order chi connectivity index (χ1) is 15.1.